The maximum atomic E-state index is 9.51. The average molecular weight is 296 g/mol. The Morgan fingerprint density at radius 2 is 1.85 bits per heavy atom. The quantitative estimate of drug-likeness (QED) is 0.846. The largest absolute Gasteiger partial charge is 0.394 e. The van der Waals surface area contributed by atoms with Crippen molar-refractivity contribution in [3.05, 3.63) is 30.3 Å². The molecule has 0 bridgehead atoms. The van der Waals surface area contributed by atoms with Gasteiger partial charge in [-0.15, -0.1) is 11.8 Å². The summed E-state index contributed by atoms with van der Waals surface area (Å²) < 4.78 is 11.8. The van der Waals surface area contributed by atoms with Crippen molar-refractivity contribution >= 4 is 11.8 Å². The number of thioether (sulfide) groups is 1. The maximum absolute atomic E-state index is 9.51. The van der Waals surface area contributed by atoms with Gasteiger partial charge in [-0.3, -0.25) is 0 Å². The molecule has 0 spiro atoms. The number of aliphatic hydroxyl groups is 1. The Morgan fingerprint density at radius 1 is 1.20 bits per heavy atom. The molecule has 1 aliphatic heterocycles. The molecule has 1 N–H and O–H groups in total. The van der Waals surface area contributed by atoms with Gasteiger partial charge in [0.1, 0.15) is 6.10 Å². The average Bonchev–Trinajstić information content (AvgIpc) is 2.74. The van der Waals surface area contributed by atoms with Gasteiger partial charge in [0.05, 0.1) is 12.7 Å². The van der Waals surface area contributed by atoms with Gasteiger partial charge in [-0.1, -0.05) is 32.0 Å². The minimum absolute atomic E-state index is 0.00642. The van der Waals surface area contributed by atoms with Crippen molar-refractivity contribution in [1.82, 2.24) is 0 Å². The minimum Gasteiger partial charge on any atom is -0.394 e. The maximum Gasteiger partial charge on any atom is 0.163 e. The summed E-state index contributed by atoms with van der Waals surface area (Å²) in [5.41, 5.74) is -0.0817. The Labute approximate surface area is 125 Å². The lowest BCUT2D eigenvalue weighted by molar-refractivity contribution is -0.156. The molecular weight excluding hydrogens is 272 g/mol. The zero-order valence-corrected chi connectivity index (χ0v) is 13.4. The van der Waals surface area contributed by atoms with Crippen LogP contribution in [0.25, 0.3) is 0 Å². The van der Waals surface area contributed by atoms with Crippen molar-refractivity contribution in [2.75, 3.05) is 12.4 Å². The van der Waals surface area contributed by atoms with Gasteiger partial charge in [0.2, 0.25) is 0 Å². The molecule has 0 aliphatic carbocycles. The minimum atomic E-state index is -0.618. The van der Waals surface area contributed by atoms with Crippen LogP contribution in [-0.4, -0.2) is 35.5 Å². The standard InChI is InChI=1S/C16H24O3S/c1-15(2,11-20-12-8-6-5-7-9-12)14-13(10-17)18-16(3,4)19-14/h5-9,13-14,17H,10-11H2,1-4H3/t13-,14+/m0/s1. The molecule has 1 saturated heterocycles. The van der Waals surface area contributed by atoms with Crippen molar-refractivity contribution in [2.24, 2.45) is 5.41 Å². The zero-order valence-electron chi connectivity index (χ0n) is 12.6. The lowest BCUT2D eigenvalue weighted by Gasteiger charge is -2.33. The Kier molecular flexibility index (Phi) is 4.80. The van der Waals surface area contributed by atoms with E-state index in [4.69, 9.17) is 9.47 Å². The summed E-state index contributed by atoms with van der Waals surface area (Å²) in [5.74, 6) is 0.296. The number of hydrogen-bond donors (Lipinski definition) is 1. The molecule has 112 valence electrons. The van der Waals surface area contributed by atoms with Crippen molar-refractivity contribution in [1.29, 1.82) is 0 Å². The normalized spacial score (nSPS) is 25.9. The summed E-state index contributed by atoms with van der Waals surface area (Å²) in [6.07, 6.45) is -0.352. The Bertz CT molecular complexity index is 431. The van der Waals surface area contributed by atoms with E-state index in [0.29, 0.717) is 0 Å². The molecule has 0 unspecified atom stereocenters. The summed E-state index contributed by atoms with van der Waals surface area (Å²) in [5, 5.41) is 9.51. The fourth-order valence-corrected chi connectivity index (χ4v) is 3.55. The highest BCUT2D eigenvalue weighted by Crippen LogP contribution is 2.40. The second kappa shape index (κ2) is 6.06. The molecule has 1 aliphatic rings. The van der Waals surface area contributed by atoms with Crippen molar-refractivity contribution in [3.8, 4) is 0 Å². The van der Waals surface area contributed by atoms with Crippen molar-refractivity contribution in [2.45, 2.75) is 50.6 Å². The van der Waals surface area contributed by atoms with E-state index < -0.39 is 5.79 Å². The van der Waals surface area contributed by atoms with E-state index >= 15 is 0 Å². The Hall–Kier alpha value is -0.550. The van der Waals surface area contributed by atoms with Gasteiger partial charge < -0.3 is 14.6 Å². The third-order valence-electron chi connectivity index (χ3n) is 3.49. The Balaban J connectivity index is 2.02. The van der Waals surface area contributed by atoms with Gasteiger partial charge in [-0.25, -0.2) is 0 Å². The summed E-state index contributed by atoms with van der Waals surface area (Å²) in [6.45, 7) is 8.13. The first kappa shape index (κ1) is 15.8. The van der Waals surface area contributed by atoms with Gasteiger partial charge in [0, 0.05) is 16.1 Å². The van der Waals surface area contributed by atoms with Crippen LogP contribution in [0.1, 0.15) is 27.7 Å². The highest BCUT2D eigenvalue weighted by molar-refractivity contribution is 7.99. The van der Waals surface area contributed by atoms with Gasteiger partial charge in [0.15, 0.2) is 5.79 Å². The lowest BCUT2D eigenvalue weighted by Crippen LogP contribution is -2.41. The number of aliphatic hydroxyl groups excluding tert-OH is 1. The molecule has 0 aromatic heterocycles. The SMILES string of the molecule is CC1(C)O[C@@H](CO)[C@H](C(C)(C)CSc2ccccc2)O1. The zero-order chi connectivity index (χ0) is 14.8. The van der Waals surface area contributed by atoms with Crippen LogP contribution in [0, 0.1) is 5.41 Å². The van der Waals surface area contributed by atoms with E-state index in [1.54, 1.807) is 0 Å². The van der Waals surface area contributed by atoms with Gasteiger partial charge in [-0.2, -0.15) is 0 Å². The number of benzene rings is 1. The van der Waals surface area contributed by atoms with E-state index in [1.807, 2.05) is 43.8 Å². The molecule has 1 heterocycles. The molecule has 2 atom stereocenters. The summed E-state index contributed by atoms with van der Waals surface area (Å²) in [4.78, 5) is 1.25. The van der Waals surface area contributed by atoms with E-state index in [-0.39, 0.29) is 24.2 Å². The lowest BCUT2D eigenvalue weighted by atomic mass is 9.86. The third-order valence-corrected chi connectivity index (χ3v) is 4.98. The predicted octanol–water partition coefficient (Wildman–Crippen LogP) is 3.32. The first-order valence-electron chi connectivity index (χ1n) is 6.98. The molecule has 1 aromatic rings. The highest BCUT2D eigenvalue weighted by Gasteiger charge is 2.48. The van der Waals surface area contributed by atoms with Crippen molar-refractivity contribution < 1.29 is 14.6 Å². The molecular formula is C16H24O3S. The molecule has 1 aromatic carbocycles. The van der Waals surface area contributed by atoms with E-state index in [1.165, 1.54) is 4.90 Å². The second-order valence-corrected chi connectivity index (χ2v) is 7.42. The Morgan fingerprint density at radius 3 is 2.45 bits per heavy atom. The van der Waals surface area contributed by atoms with Gasteiger partial charge >= 0.3 is 0 Å². The first-order valence-corrected chi connectivity index (χ1v) is 7.97. The second-order valence-electron chi connectivity index (χ2n) is 6.37. The fourth-order valence-electron chi connectivity index (χ4n) is 2.50. The molecule has 2 rings (SSSR count). The molecule has 0 saturated carbocycles. The summed E-state index contributed by atoms with van der Waals surface area (Å²) >= 11 is 1.81. The number of ether oxygens (including phenoxy) is 2. The monoisotopic (exact) mass is 296 g/mol. The first-order chi connectivity index (χ1) is 9.34. The number of hydrogen-bond acceptors (Lipinski definition) is 4. The van der Waals surface area contributed by atoms with E-state index in [0.717, 1.165) is 5.75 Å². The van der Waals surface area contributed by atoms with Crippen LogP contribution in [0.3, 0.4) is 0 Å². The van der Waals surface area contributed by atoms with Crippen LogP contribution in [0.4, 0.5) is 0 Å². The predicted molar refractivity (Wildman–Crippen MR) is 81.9 cm³/mol. The smallest absolute Gasteiger partial charge is 0.163 e. The summed E-state index contributed by atoms with van der Waals surface area (Å²) in [7, 11) is 0. The summed E-state index contributed by atoms with van der Waals surface area (Å²) in [6, 6.07) is 10.3. The van der Waals surface area contributed by atoms with Crippen LogP contribution in [-0.2, 0) is 9.47 Å². The van der Waals surface area contributed by atoms with Gasteiger partial charge in [0.25, 0.3) is 0 Å². The number of rotatable bonds is 5. The molecule has 0 amide bonds. The molecule has 0 radical (unpaired) electrons. The van der Waals surface area contributed by atoms with Gasteiger partial charge in [-0.05, 0) is 26.0 Å². The topological polar surface area (TPSA) is 38.7 Å². The van der Waals surface area contributed by atoms with Crippen molar-refractivity contribution in [3.63, 3.8) is 0 Å². The highest BCUT2D eigenvalue weighted by atomic mass is 32.2. The van der Waals surface area contributed by atoms with E-state index in [2.05, 4.69) is 26.0 Å². The molecule has 3 nitrogen and oxygen atoms in total. The van der Waals surface area contributed by atoms with Crippen LogP contribution >= 0.6 is 11.8 Å². The van der Waals surface area contributed by atoms with Crippen LogP contribution < -0.4 is 0 Å². The molecule has 20 heavy (non-hydrogen) atoms. The van der Waals surface area contributed by atoms with Crippen LogP contribution in [0.2, 0.25) is 0 Å². The molecule has 4 heteroatoms. The third kappa shape index (κ3) is 3.76. The fraction of sp³-hybridized carbons (Fsp3) is 0.625. The van der Waals surface area contributed by atoms with E-state index in [9.17, 15) is 5.11 Å². The van der Waals surface area contributed by atoms with Crippen LogP contribution in [0.15, 0.2) is 35.2 Å². The van der Waals surface area contributed by atoms with Crippen LogP contribution in [0.5, 0.6) is 0 Å². The molecule has 1 fully saturated rings.